The summed E-state index contributed by atoms with van der Waals surface area (Å²) in [6.07, 6.45) is 2.77. The van der Waals surface area contributed by atoms with Gasteiger partial charge in [0.1, 0.15) is 0 Å². The van der Waals surface area contributed by atoms with Crippen LogP contribution in [-0.2, 0) is 20.6 Å². The largest absolute Gasteiger partial charge is 0.478 e. The summed E-state index contributed by atoms with van der Waals surface area (Å²) in [6, 6.07) is -0.129. The maximum atomic E-state index is 11.8. The fraction of sp³-hybridized carbons (Fsp3) is 0.929. The Bertz CT molecular complexity index is 496. The van der Waals surface area contributed by atoms with Crippen molar-refractivity contribution in [1.82, 2.24) is 10.6 Å². The second kappa shape index (κ2) is 8.12. The molecule has 26 heavy (non-hydrogen) atoms. The molecule has 1 unspecified atom stereocenters. The number of hydrogen-bond acceptors (Lipinski definition) is 6. The molecule has 2 N–H and O–H groups in total. The van der Waals surface area contributed by atoms with Gasteiger partial charge in [-0.25, -0.2) is 4.79 Å². The van der Waals surface area contributed by atoms with Gasteiger partial charge in [-0.1, -0.05) is 20.3 Å². The zero-order chi connectivity index (χ0) is 19.6. The molecule has 152 valence electrons. The van der Waals surface area contributed by atoms with Crippen molar-refractivity contribution in [3.63, 3.8) is 0 Å². The molecule has 2 rings (SSSR count). The van der Waals surface area contributed by atoms with E-state index in [1.54, 1.807) is 0 Å². The van der Waals surface area contributed by atoms with E-state index in [1.807, 2.05) is 32.7 Å². The van der Waals surface area contributed by atoms with E-state index in [2.05, 4.69) is 24.5 Å². The van der Waals surface area contributed by atoms with Crippen LogP contribution in [0, 0.1) is 0 Å². The summed E-state index contributed by atoms with van der Waals surface area (Å²) in [4.78, 5) is 11.8. The van der Waals surface area contributed by atoms with Crippen LogP contribution in [0.5, 0.6) is 0 Å². The molecule has 0 aromatic heterocycles. The Labute approximate surface area is 161 Å². The topological polar surface area (TPSA) is 87.3 Å². The summed E-state index contributed by atoms with van der Waals surface area (Å²) in [5, 5.41) is 5.77. The number of rotatable bonds is 7. The number of urea groups is 1. The quantitative estimate of drug-likeness (QED) is 0.469. The fourth-order valence-electron chi connectivity index (χ4n) is 3.33. The van der Waals surface area contributed by atoms with Crippen LogP contribution >= 0.6 is 0 Å². The number of nitrogens with one attached hydrogen (secondary N) is 2. The number of carbonyl (C=O) groups is 1. The molecule has 0 aromatic rings. The van der Waals surface area contributed by atoms with Gasteiger partial charge in [-0.3, -0.25) is 0 Å². The summed E-state index contributed by atoms with van der Waals surface area (Å²) >= 11 is 0. The Morgan fingerprint density at radius 3 is 1.96 bits per heavy atom. The van der Waals surface area contributed by atoms with E-state index in [-0.39, 0.29) is 11.6 Å². The zero-order valence-corrected chi connectivity index (χ0v) is 21.1. The molecule has 2 aliphatic heterocycles. The molecule has 2 amide bonds. The third-order valence-electron chi connectivity index (χ3n) is 4.25. The molecule has 0 spiro atoms. The Balaban J connectivity index is 1.98. The van der Waals surface area contributed by atoms with Crippen molar-refractivity contribution in [3.8, 4) is 0 Å². The molecule has 0 saturated carbocycles. The van der Waals surface area contributed by atoms with Gasteiger partial charge in [0.15, 0.2) is 0 Å². The van der Waals surface area contributed by atoms with Crippen molar-refractivity contribution in [2.45, 2.75) is 71.4 Å². The molecule has 2 fully saturated rings. The summed E-state index contributed by atoms with van der Waals surface area (Å²) < 4.78 is 31.4. The van der Waals surface area contributed by atoms with Crippen LogP contribution in [0.4, 0.5) is 4.79 Å². The van der Waals surface area contributed by atoms with Gasteiger partial charge in [-0.15, -0.1) is 0 Å². The van der Waals surface area contributed by atoms with E-state index in [1.165, 1.54) is 0 Å². The third kappa shape index (κ3) is 5.72. The second-order valence-corrected chi connectivity index (χ2v) is 21.6. The first kappa shape index (κ1) is 22.2. The van der Waals surface area contributed by atoms with Crippen molar-refractivity contribution in [2.75, 3.05) is 13.1 Å². The maximum Gasteiger partial charge on any atom is 0.478 e. The van der Waals surface area contributed by atoms with Crippen LogP contribution in [0.3, 0.4) is 0 Å². The minimum atomic E-state index is -2.92. The standard InChI is InChI=1S/C14H34N2O6Si4/c1-8-9-11-15-14(17)16-12-10-13(2)26-20-23(3,4)18-25(7,22-26)19-24(5,6)21-26/h13H,8-12H2,1-7H3,(H2,15,16,17). The van der Waals surface area contributed by atoms with Gasteiger partial charge in [0, 0.05) is 25.2 Å². The lowest BCUT2D eigenvalue weighted by Crippen LogP contribution is -2.78. The normalized spacial score (nSPS) is 33.3. The van der Waals surface area contributed by atoms with Crippen LogP contribution in [0.25, 0.3) is 0 Å². The Hall–Kier alpha value is -0.0625. The number of hydrogen-bond donors (Lipinski definition) is 2. The SMILES string of the molecule is CCCCNC(=O)NCCC(C)[Si]12O[Si](C)(C)O[Si](C)(O[Si](C)(C)O1)O2. The average Bonchev–Trinajstić information content (AvgIpc) is 2.42. The lowest BCUT2D eigenvalue weighted by molar-refractivity contribution is 0.0666. The van der Waals surface area contributed by atoms with Crippen molar-refractivity contribution in [2.24, 2.45) is 0 Å². The van der Waals surface area contributed by atoms with Crippen molar-refractivity contribution in [1.29, 1.82) is 0 Å². The first-order valence-electron chi connectivity index (χ1n) is 9.43. The molecule has 2 bridgehead atoms. The number of unbranched alkanes of at least 4 members (excludes halogenated alkanes) is 1. The first-order valence-corrected chi connectivity index (χ1v) is 19.1. The predicted octanol–water partition coefficient (Wildman–Crippen LogP) is 2.89. The first-order chi connectivity index (χ1) is 11.9. The molecule has 2 saturated heterocycles. The van der Waals surface area contributed by atoms with Gasteiger partial charge in [-0.05, 0) is 39.0 Å². The predicted molar refractivity (Wildman–Crippen MR) is 108 cm³/mol. The fourth-order valence-corrected chi connectivity index (χ4v) is 25.3. The van der Waals surface area contributed by atoms with Crippen molar-refractivity contribution < 1.29 is 25.4 Å². The van der Waals surface area contributed by atoms with Crippen LogP contribution in [0.15, 0.2) is 0 Å². The highest BCUT2D eigenvalue weighted by Gasteiger charge is 2.69. The van der Waals surface area contributed by atoms with Crippen molar-refractivity contribution >= 4 is 40.8 Å². The lowest BCUT2D eigenvalue weighted by Gasteiger charge is -2.57. The van der Waals surface area contributed by atoms with E-state index in [0.717, 1.165) is 19.3 Å². The molecule has 1 atom stereocenters. The average molecular weight is 439 g/mol. The third-order valence-corrected chi connectivity index (χ3v) is 21.5. The van der Waals surface area contributed by atoms with Gasteiger partial charge < -0.3 is 31.2 Å². The highest BCUT2D eigenvalue weighted by Crippen LogP contribution is 2.45. The molecule has 12 heteroatoms. The van der Waals surface area contributed by atoms with Gasteiger partial charge in [0.2, 0.25) is 0 Å². The summed E-state index contributed by atoms with van der Waals surface area (Å²) in [7, 11) is -10.4. The van der Waals surface area contributed by atoms with E-state index < -0.39 is 34.7 Å². The molecular formula is C14H34N2O6Si4. The summed E-state index contributed by atoms with van der Waals surface area (Å²) in [5.41, 5.74) is 0.0663. The molecule has 0 radical (unpaired) electrons. The van der Waals surface area contributed by atoms with E-state index in [0.29, 0.717) is 13.1 Å². The number of carbonyl (C=O) groups excluding carboxylic acids is 1. The van der Waals surface area contributed by atoms with Gasteiger partial charge in [0.25, 0.3) is 0 Å². The highest BCUT2D eigenvalue weighted by molar-refractivity contribution is 6.98. The molecule has 0 aromatic carbocycles. The van der Waals surface area contributed by atoms with E-state index in [4.69, 9.17) is 20.6 Å². The molecule has 2 aliphatic rings. The maximum absolute atomic E-state index is 11.8. The molecule has 8 nitrogen and oxygen atoms in total. The molecular weight excluding hydrogens is 405 g/mol. The number of fused-ring (bicyclic) bond motifs is 2. The second-order valence-electron chi connectivity index (χ2n) is 8.00. The van der Waals surface area contributed by atoms with E-state index in [9.17, 15) is 4.79 Å². The number of amides is 2. The van der Waals surface area contributed by atoms with Crippen LogP contribution in [0.1, 0.15) is 33.1 Å². The smallest absolute Gasteiger partial charge is 0.395 e. The minimum Gasteiger partial charge on any atom is -0.395 e. The molecule has 0 aliphatic carbocycles. The van der Waals surface area contributed by atoms with Crippen LogP contribution in [0.2, 0.25) is 38.3 Å². The van der Waals surface area contributed by atoms with Gasteiger partial charge >= 0.3 is 40.8 Å². The Morgan fingerprint density at radius 2 is 1.42 bits per heavy atom. The Morgan fingerprint density at radius 1 is 0.885 bits per heavy atom. The Kier molecular flexibility index (Phi) is 6.95. The highest BCUT2D eigenvalue weighted by atomic mass is 28.6. The summed E-state index contributed by atoms with van der Waals surface area (Å²) in [5.74, 6) is 0. The van der Waals surface area contributed by atoms with Gasteiger partial charge in [-0.2, -0.15) is 0 Å². The van der Waals surface area contributed by atoms with Gasteiger partial charge in [0.05, 0.1) is 0 Å². The minimum absolute atomic E-state index is 0.0663. The van der Waals surface area contributed by atoms with Crippen molar-refractivity contribution in [3.05, 3.63) is 0 Å². The van der Waals surface area contributed by atoms with E-state index >= 15 is 0 Å². The molecule has 2 heterocycles. The summed E-state index contributed by atoms with van der Waals surface area (Å²) in [6.45, 7) is 15.4. The lowest BCUT2D eigenvalue weighted by atomic mass is 10.3. The van der Waals surface area contributed by atoms with Crippen LogP contribution < -0.4 is 10.6 Å². The van der Waals surface area contributed by atoms with Crippen LogP contribution in [-0.4, -0.2) is 53.9 Å². The monoisotopic (exact) mass is 438 g/mol. The zero-order valence-electron chi connectivity index (χ0n) is 17.1.